The molecule has 0 amide bonds. The summed E-state index contributed by atoms with van der Waals surface area (Å²) in [5, 5.41) is 17.9. The lowest BCUT2D eigenvalue weighted by Gasteiger charge is -2.05. The van der Waals surface area contributed by atoms with Crippen LogP contribution in [0.1, 0.15) is 20.7 Å². The molecule has 1 aromatic heterocycles. The van der Waals surface area contributed by atoms with Crippen molar-refractivity contribution < 1.29 is 19.8 Å². The first-order valence-electron chi connectivity index (χ1n) is 5.11. The molecule has 1 aromatic carbocycles. The van der Waals surface area contributed by atoms with E-state index in [4.69, 9.17) is 10.2 Å². The van der Waals surface area contributed by atoms with Crippen molar-refractivity contribution in [2.45, 2.75) is 0 Å². The molecule has 0 spiro atoms. The van der Waals surface area contributed by atoms with Crippen LogP contribution in [-0.2, 0) is 0 Å². The third-order valence-corrected chi connectivity index (χ3v) is 2.42. The van der Waals surface area contributed by atoms with Gasteiger partial charge in [0.05, 0.1) is 16.8 Å². The molecule has 0 radical (unpaired) electrons. The number of carbonyl (C=O) groups is 2. The Bertz CT molecular complexity index is 622. The summed E-state index contributed by atoms with van der Waals surface area (Å²) in [6.07, 6.45) is 1.47. The molecule has 0 aliphatic rings. The second-order valence-electron chi connectivity index (χ2n) is 3.59. The molecule has 0 bridgehead atoms. The predicted molar refractivity (Wildman–Crippen MR) is 63.6 cm³/mol. The van der Waals surface area contributed by atoms with Gasteiger partial charge in [-0.25, -0.2) is 9.59 Å². The van der Waals surface area contributed by atoms with Crippen LogP contribution < -0.4 is 0 Å². The van der Waals surface area contributed by atoms with Gasteiger partial charge in [0.15, 0.2) is 0 Å². The van der Waals surface area contributed by atoms with Crippen molar-refractivity contribution in [3.8, 4) is 11.3 Å². The summed E-state index contributed by atoms with van der Waals surface area (Å²) in [5.41, 5.74) is 0.857. The van der Waals surface area contributed by atoms with Crippen molar-refractivity contribution in [2.24, 2.45) is 0 Å². The molecule has 2 rings (SSSR count). The third kappa shape index (κ3) is 2.20. The van der Waals surface area contributed by atoms with Crippen LogP contribution in [0, 0.1) is 0 Å². The van der Waals surface area contributed by atoms with Gasteiger partial charge in [-0.05, 0) is 24.3 Å². The number of aromatic nitrogens is 1. The van der Waals surface area contributed by atoms with Crippen molar-refractivity contribution >= 4 is 11.9 Å². The molecule has 0 unspecified atom stereocenters. The highest BCUT2D eigenvalue weighted by molar-refractivity contribution is 5.96. The quantitative estimate of drug-likeness (QED) is 0.862. The number of hydrogen-bond acceptors (Lipinski definition) is 3. The van der Waals surface area contributed by atoms with Gasteiger partial charge in [0.25, 0.3) is 0 Å². The fraction of sp³-hybridized carbons (Fsp3) is 0. The number of nitrogens with zero attached hydrogens (tertiary/aromatic N) is 1. The van der Waals surface area contributed by atoms with Crippen molar-refractivity contribution in [1.82, 2.24) is 4.98 Å². The molecule has 5 heteroatoms. The van der Waals surface area contributed by atoms with Gasteiger partial charge in [-0.3, -0.25) is 4.98 Å². The Morgan fingerprint density at radius 3 is 2.44 bits per heavy atom. The van der Waals surface area contributed by atoms with E-state index in [1.807, 2.05) is 0 Å². The van der Waals surface area contributed by atoms with Gasteiger partial charge >= 0.3 is 11.9 Å². The number of benzene rings is 1. The van der Waals surface area contributed by atoms with Crippen LogP contribution in [0.4, 0.5) is 0 Å². The van der Waals surface area contributed by atoms with Gasteiger partial charge in [0, 0.05) is 11.8 Å². The number of hydrogen-bond donors (Lipinski definition) is 2. The van der Waals surface area contributed by atoms with Crippen LogP contribution in [-0.4, -0.2) is 27.1 Å². The maximum absolute atomic E-state index is 11.1. The molecular formula is C13H9NO4. The van der Waals surface area contributed by atoms with Gasteiger partial charge in [0.2, 0.25) is 0 Å². The molecule has 0 fully saturated rings. The molecule has 0 aliphatic carbocycles. The SMILES string of the molecule is O=C(O)c1cccc(-c2ncccc2C(=O)O)c1. The minimum Gasteiger partial charge on any atom is -0.478 e. The minimum atomic E-state index is -1.10. The number of carboxylic acids is 2. The fourth-order valence-corrected chi connectivity index (χ4v) is 1.61. The predicted octanol–water partition coefficient (Wildman–Crippen LogP) is 2.14. The van der Waals surface area contributed by atoms with Gasteiger partial charge in [-0.15, -0.1) is 0 Å². The molecule has 0 aliphatic heterocycles. The molecule has 5 nitrogen and oxygen atoms in total. The molecule has 2 N–H and O–H groups in total. The molecule has 1 heterocycles. The van der Waals surface area contributed by atoms with Crippen LogP contribution in [0.25, 0.3) is 11.3 Å². The number of aromatic carboxylic acids is 2. The summed E-state index contributed by atoms with van der Waals surface area (Å²) in [7, 11) is 0. The highest BCUT2D eigenvalue weighted by Crippen LogP contribution is 2.22. The van der Waals surface area contributed by atoms with Crippen LogP contribution in [0.15, 0.2) is 42.6 Å². The normalized spacial score (nSPS) is 10.0. The van der Waals surface area contributed by atoms with E-state index in [0.717, 1.165) is 0 Å². The standard InChI is InChI=1S/C13H9NO4/c15-12(16)9-4-1-3-8(7-9)11-10(13(17)18)5-2-6-14-11/h1-7H,(H,15,16)(H,17,18). The van der Waals surface area contributed by atoms with Crippen LogP contribution in [0.3, 0.4) is 0 Å². The van der Waals surface area contributed by atoms with E-state index in [1.54, 1.807) is 12.1 Å². The van der Waals surface area contributed by atoms with E-state index < -0.39 is 11.9 Å². The summed E-state index contributed by atoms with van der Waals surface area (Å²) >= 11 is 0. The van der Waals surface area contributed by atoms with E-state index in [0.29, 0.717) is 5.56 Å². The average molecular weight is 243 g/mol. The van der Waals surface area contributed by atoms with Gasteiger partial charge in [0.1, 0.15) is 0 Å². The minimum absolute atomic E-state index is 0.0417. The topological polar surface area (TPSA) is 87.5 Å². The van der Waals surface area contributed by atoms with Crippen LogP contribution in [0.5, 0.6) is 0 Å². The molecule has 2 aromatic rings. The van der Waals surface area contributed by atoms with Crippen LogP contribution >= 0.6 is 0 Å². The maximum Gasteiger partial charge on any atom is 0.337 e. The molecule has 0 saturated heterocycles. The van der Waals surface area contributed by atoms with Crippen LogP contribution in [0.2, 0.25) is 0 Å². The number of pyridine rings is 1. The summed E-state index contributed by atoms with van der Waals surface area (Å²) in [6.45, 7) is 0. The highest BCUT2D eigenvalue weighted by Gasteiger charge is 2.13. The van der Waals surface area contributed by atoms with Crippen molar-refractivity contribution in [2.75, 3.05) is 0 Å². The lowest BCUT2D eigenvalue weighted by atomic mass is 10.0. The van der Waals surface area contributed by atoms with Gasteiger partial charge < -0.3 is 10.2 Å². The summed E-state index contributed by atoms with van der Waals surface area (Å²) < 4.78 is 0. The van der Waals surface area contributed by atoms with E-state index >= 15 is 0 Å². The van der Waals surface area contributed by atoms with E-state index in [9.17, 15) is 9.59 Å². The molecular weight excluding hydrogens is 234 g/mol. The highest BCUT2D eigenvalue weighted by atomic mass is 16.4. The first kappa shape index (κ1) is 11.8. The summed E-state index contributed by atoms with van der Waals surface area (Å²) in [6, 6.07) is 8.97. The maximum atomic E-state index is 11.1. The molecule has 0 saturated carbocycles. The first-order valence-corrected chi connectivity index (χ1v) is 5.11. The third-order valence-electron chi connectivity index (χ3n) is 2.42. The van der Waals surface area contributed by atoms with E-state index in [2.05, 4.69) is 4.98 Å². The molecule has 18 heavy (non-hydrogen) atoms. The van der Waals surface area contributed by atoms with Gasteiger partial charge in [-0.2, -0.15) is 0 Å². The monoisotopic (exact) mass is 243 g/mol. The van der Waals surface area contributed by atoms with Crippen molar-refractivity contribution in [3.05, 3.63) is 53.7 Å². The zero-order valence-corrected chi connectivity index (χ0v) is 9.20. The number of rotatable bonds is 3. The van der Waals surface area contributed by atoms with Crippen molar-refractivity contribution in [1.29, 1.82) is 0 Å². The van der Waals surface area contributed by atoms with Crippen molar-refractivity contribution in [3.63, 3.8) is 0 Å². The fourth-order valence-electron chi connectivity index (χ4n) is 1.61. The molecule has 90 valence electrons. The Balaban J connectivity index is 2.58. The number of carboxylic acid groups (broad SMARTS) is 2. The molecule has 0 atom stereocenters. The summed E-state index contributed by atoms with van der Waals surface area (Å²) in [4.78, 5) is 25.9. The Hall–Kier alpha value is -2.69. The average Bonchev–Trinajstić information content (AvgIpc) is 2.39. The zero-order valence-electron chi connectivity index (χ0n) is 9.20. The smallest absolute Gasteiger partial charge is 0.337 e. The van der Waals surface area contributed by atoms with E-state index in [1.165, 1.54) is 30.5 Å². The first-order chi connectivity index (χ1) is 8.59. The Morgan fingerprint density at radius 2 is 1.78 bits per heavy atom. The zero-order chi connectivity index (χ0) is 13.1. The van der Waals surface area contributed by atoms with E-state index in [-0.39, 0.29) is 16.8 Å². The lowest BCUT2D eigenvalue weighted by molar-refractivity contribution is 0.0687. The largest absolute Gasteiger partial charge is 0.478 e. The Morgan fingerprint density at radius 1 is 1.00 bits per heavy atom. The Labute approximate surface area is 102 Å². The second-order valence-corrected chi connectivity index (χ2v) is 3.59. The second kappa shape index (κ2) is 4.67. The Kier molecular flexibility index (Phi) is 3.05. The van der Waals surface area contributed by atoms with Gasteiger partial charge in [-0.1, -0.05) is 12.1 Å². The summed E-state index contributed by atoms with van der Waals surface area (Å²) in [5.74, 6) is -2.16. The lowest BCUT2D eigenvalue weighted by Crippen LogP contribution is -2.02.